The number of fused-ring (bicyclic) bond motifs is 4. The Labute approximate surface area is 258 Å². The largest absolute Gasteiger partial charge is 0.379 e. The monoisotopic (exact) mass is 569 g/mol. The van der Waals surface area contributed by atoms with Gasteiger partial charge in [-0.2, -0.15) is 0 Å². The molecule has 6 aromatic carbocycles. The number of morpholine rings is 1. The van der Waals surface area contributed by atoms with Crippen LogP contribution in [0.5, 0.6) is 0 Å². The molecule has 0 aromatic heterocycles. The summed E-state index contributed by atoms with van der Waals surface area (Å²) in [5.74, 6) is 0.592. The van der Waals surface area contributed by atoms with Crippen molar-refractivity contribution in [3.63, 3.8) is 0 Å². The maximum absolute atomic E-state index is 5.61. The van der Waals surface area contributed by atoms with Crippen LogP contribution in [-0.4, -0.2) is 37.7 Å². The molecule has 2 nitrogen and oxygen atoms in total. The van der Waals surface area contributed by atoms with E-state index < -0.39 is 0 Å². The third kappa shape index (κ3) is 3.56. The van der Waals surface area contributed by atoms with Crippen LogP contribution in [0.1, 0.15) is 52.1 Å². The van der Waals surface area contributed by atoms with Crippen LogP contribution in [0.3, 0.4) is 0 Å². The maximum Gasteiger partial charge on any atom is 0.0594 e. The standard InChI is InChI=1S/C42H35NO/c1-2-10-32-30(23-27(31(32)9-1)17-18-43-19-21-44-22-20-43)25-37-36-14-5-7-26-15-16-29-24-28-8-6-13-34-33-11-3-4-12-35(33)41(37)42(39(28)34)40(29)38(26)36/h1-14,23,25,29H,15-22,24H2. The maximum atomic E-state index is 5.61. The number of hydrogen-bond acceptors (Lipinski definition) is 2. The highest BCUT2D eigenvalue weighted by Gasteiger charge is 2.32. The van der Waals surface area contributed by atoms with Gasteiger partial charge in [0.05, 0.1) is 13.2 Å². The number of nitrogens with zero attached hydrogens (tertiary/aromatic N) is 1. The summed E-state index contributed by atoms with van der Waals surface area (Å²) in [6.45, 7) is 4.86. The van der Waals surface area contributed by atoms with Gasteiger partial charge in [-0.3, -0.25) is 4.90 Å². The van der Waals surface area contributed by atoms with Crippen LogP contribution >= 0.6 is 0 Å². The Bertz CT molecular complexity index is 2250. The van der Waals surface area contributed by atoms with Crippen molar-refractivity contribution in [2.75, 3.05) is 32.8 Å². The molecule has 4 aliphatic rings. The average Bonchev–Trinajstić information content (AvgIpc) is 3.43. The lowest BCUT2D eigenvalue weighted by atomic mass is 9.69. The van der Waals surface area contributed by atoms with Crippen LogP contribution in [0.2, 0.25) is 0 Å². The van der Waals surface area contributed by atoms with Crippen molar-refractivity contribution in [3.8, 4) is 0 Å². The number of hydrogen-bond donors (Lipinski definition) is 0. The number of benzene rings is 6. The first-order chi connectivity index (χ1) is 21.8. The summed E-state index contributed by atoms with van der Waals surface area (Å²) in [5, 5.41) is 11.6. The summed E-state index contributed by atoms with van der Waals surface area (Å²) in [4.78, 5) is 2.55. The Balaban J connectivity index is 1.29. The SMILES string of the molecule is C(=C1C=C(CCN2CCOCC2)c2ccccc21)c1c2cccc3c2c2c4c5c(cccc5c5ccccc5c14)CC2CC3. The molecular formula is C42H35NO. The van der Waals surface area contributed by atoms with Crippen molar-refractivity contribution in [1.82, 2.24) is 4.90 Å². The summed E-state index contributed by atoms with van der Waals surface area (Å²) < 4.78 is 5.61. The van der Waals surface area contributed by atoms with E-state index in [2.05, 4.69) is 102 Å². The molecule has 1 saturated heterocycles. The fraction of sp³-hybridized carbons (Fsp3) is 0.238. The van der Waals surface area contributed by atoms with Gasteiger partial charge in [0.1, 0.15) is 0 Å². The number of rotatable bonds is 4. The highest BCUT2D eigenvalue weighted by atomic mass is 16.5. The fourth-order valence-electron chi connectivity index (χ4n) is 9.09. The second-order valence-electron chi connectivity index (χ2n) is 13.3. The minimum Gasteiger partial charge on any atom is -0.379 e. The zero-order valence-corrected chi connectivity index (χ0v) is 25.0. The molecule has 1 atom stereocenters. The van der Waals surface area contributed by atoms with E-state index in [9.17, 15) is 0 Å². The van der Waals surface area contributed by atoms with Crippen LogP contribution in [0.4, 0.5) is 0 Å². The van der Waals surface area contributed by atoms with Gasteiger partial charge in [-0.1, -0.05) is 91.0 Å². The molecule has 2 heteroatoms. The minimum absolute atomic E-state index is 0.592. The topological polar surface area (TPSA) is 12.5 Å². The van der Waals surface area contributed by atoms with E-state index in [1.807, 2.05) is 0 Å². The molecule has 0 spiro atoms. The van der Waals surface area contributed by atoms with Crippen LogP contribution in [0, 0.1) is 0 Å². The predicted octanol–water partition coefficient (Wildman–Crippen LogP) is 9.55. The van der Waals surface area contributed by atoms with Gasteiger partial charge in [-0.25, -0.2) is 0 Å². The predicted molar refractivity (Wildman–Crippen MR) is 185 cm³/mol. The van der Waals surface area contributed by atoms with Crippen molar-refractivity contribution in [2.24, 2.45) is 0 Å². The number of ether oxygens (including phenoxy) is 1. The molecular weight excluding hydrogens is 534 g/mol. The molecule has 1 aliphatic heterocycles. The Morgan fingerprint density at radius 2 is 1.41 bits per heavy atom. The highest BCUT2D eigenvalue weighted by Crippen LogP contribution is 2.53. The highest BCUT2D eigenvalue weighted by molar-refractivity contribution is 6.33. The third-order valence-corrected chi connectivity index (χ3v) is 11.0. The molecule has 0 radical (unpaired) electrons. The van der Waals surface area contributed by atoms with Gasteiger partial charge in [0.25, 0.3) is 0 Å². The van der Waals surface area contributed by atoms with Gasteiger partial charge in [0, 0.05) is 19.6 Å². The zero-order chi connectivity index (χ0) is 28.8. The Hall–Kier alpha value is -4.24. The molecule has 6 aromatic rings. The van der Waals surface area contributed by atoms with Crippen LogP contribution in [0.25, 0.3) is 60.3 Å². The summed E-state index contributed by atoms with van der Waals surface area (Å²) >= 11 is 0. The van der Waals surface area contributed by atoms with E-state index in [0.29, 0.717) is 5.92 Å². The van der Waals surface area contributed by atoms with E-state index in [0.717, 1.165) is 45.7 Å². The van der Waals surface area contributed by atoms with Crippen molar-refractivity contribution in [1.29, 1.82) is 0 Å². The van der Waals surface area contributed by atoms with E-state index in [-0.39, 0.29) is 0 Å². The van der Waals surface area contributed by atoms with Gasteiger partial charge >= 0.3 is 0 Å². The van der Waals surface area contributed by atoms with Crippen molar-refractivity contribution in [3.05, 3.63) is 124 Å². The van der Waals surface area contributed by atoms with Gasteiger partial charge in [-0.05, 0) is 125 Å². The molecule has 1 heterocycles. The minimum atomic E-state index is 0.592. The van der Waals surface area contributed by atoms with Gasteiger partial charge < -0.3 is 4.74 Å². The first kappa shape index (κ1) is 25.1. The lowest BCUT2D eigenvalue weighted by molar-refractivity contribution is 0.0390. The summed E-state index contributed by atoms with van der Waals surface area (Å²) in [7, 11) is 0. The van der Waals surface area contributed by atoms with Crippen molar-refractivity contribution in [2.45, 2.75) is 31.6 Å². The molecule has 44 heavy (non-hydrogen) atoms. The summed E-state index contributed by atoms with van der Waals surface area (Å²) in [6.07, 6.45) is 9.69. The molecule has 1 fully saturated rings. The van der Waals surface area contributed by atoms with E-state index in [1.54, 1.807) is 5.56 Å². The fourth-order valence-corrected chi connectivity index (χ4v) is 9.09. The quantitative estimate of drug-likeness (QED) is 0.155. The Morgan fingerprint density at radius 1 is 0.682 bits per heavy atom. The lowest BCUT2D eigenvalue weighted by Gasteiger charge is -2.34. The van der Waals surface area contributed by atoms with Crippen LogP contribution in [-0.2, 0) is 17.6 Å². The second kappa shape index (κ2) is 9.63. The summed E-state index contributed by atoms with van der Waals surface area (Å²) in [5.41, 5.74) is 11.7. The number of aryl methyl sites for hydroxylation is 1. The third-order valence-electron chi connectivity index (χ3n) is 11.0. The smallest absolute Gasteiger partial charge is 0.0594 e. The van der Waals surface area contributed by atoms with Crippen LogP contribution < -0.4 is 0 Å². The molecule has 0 bridgehead atoms. The first-order valence-corrected chi connectivity index (χ1v) is 16.5. The van der Waals surface area contributed by atoms with E-state index in [1.165, 1.54) is 94.9 Å². The molecule has 10 rings (SSSR count). The van der Waals surface area contributed by atoms with Crippen LogP contribution in [0.15, 0.2) is 91.0 Å². The molecule has 0 amide bonds. The Kier molecular flexibility index (Phi) is 5.50. The second-order valence-corrected chi connectivity index (χ2v) is 13.3. The van der Waals surface area contributed by atoms with E-state index in [4.69, 9.17) is 4.74 Å². The van der Waals surface area contributed by atoms with Gasteiger partial charge in [-0.15, -0.1) is 0 Å². The number of allylic oxidation sites excluding steroid dienone is 2. The lowest BCUT2D eigenvalue weighted by Crippen LogP contribution is -2.36. The van der Waals surface area contributed by atoms with Crippen molar-refractivity contribution < 1.29 is 4.74 Å². The molecule has 214 valence electrons. The molecule has 3 aliphatic carbocycles. The van der Waals surface area contributed by atoms with Gasteiger partial charge in [0.15, 0.2) is 0 Å². The zero-order valence-electron chi connectivity index (χ0n) is 25.0. The molecule has 0 saturated carbocycles. The van der Waals surface area contributed by atoms with E-state index >= 15 is 0 Å². The molecule has 0 N–H and O–H groups in total. The first-order valence-electron chi connectivity index (χ1n) is 16.5. The average molecular weight is 570 g/mol. The van der Waals surface area contributed by atoms with Crippen molar-refractivity contribution >= 4 is 60.3 Å². The Morgan fingerprint density at radius 3 is 2.30 bits per heavy atom. The molecule has 1 unspecified atom stereocenters. The normalized spacial score (nSPS) is 20.0. The van der Waals surface area contributed by atoms with Gasteiger partial charge in [0.2, 0.25) is 0 Å². The summed E-state index contributed by atoms with van der Waals surface area (Å²) in [6, 6.07) is 32.4.